The highest BCUT2D eigenvalue weighted by Gasteiger charge is 2.16. The lowest BCUT2D eigenvalue weighted by molar-refractivity contribution is 0.280. The van der Waals surface area contributed by atoms with Crippen molar-refractivity contribution in [1.29, 1.82) is 0 Å². The smallest absolute Gasteiger partial charge is 0.297 e. The first-order valence-electron chi connectivity index (χ1n) is 8.12. The summed E-state index contributed by atoms with van der Waals surface area (Å²) in [5.74, 6) is -0.0581. The molecule has 7 heteroatoms. The normalized spacial score (nSPS) is 11.4. The van der Waals surface area contributed by atoms with Crippen LogP contribution in [0.2, 0.25) is 0 Å². The second kappa shape index (κ2) is 6.97. The molecular weight excluding hydrogens is 332 g/mol. The molecule has 0 saturated heterocycles. The van der Waals surface area contributed by atoms with E-state index in [9.17, 15) is 15.0 Å². The van der Waals surface area contributed by atoms with Crippen LogP contribution in [0.1, 0.15) is 22.5 Å². The monoisotopic (exact) mass is 352 g/mol. The Morgan fingerprint density at radius 3 is 2.58 bits per heavy atom. The number of hydrogen-bond donors (Lipinski definition) is 2. The summed E-state index contributed by atoms with van der Waals surface area (Å²) in [6.45, 7) is 3.17. The average molecular weight is 352 g/mol. The molecule has 1 aromatic carbocycles. The van der Waals surface area contributed by atoms with E-state index in [0.717, 1.165) is 5.69 Å². The van der Waals surface area contributed by atoms with Gasteiger partial charge in [-0.05, 0) is 26.0 Å². The summed E-state index contributed by atoms with van der Waals surface area (Å²) in [6.07, 6.45) is 2.88. The van der Waals surface area contributed by atoms with Crippen molar-refractivity contribution >= 4 is 11.9 Å². The van der Waals surface area contributed by atoms with Gasteiger partial charge in [0.15, 0.2) is 5.69 Å². The minimum atomic E-state index is -0.287. The van der Waals surface area contributed by atoms with Crippen molar-refractivity contribution in [1.82, 2.24) is 14.3 Å². The van der Waals surface area contributed by atoms with Crippen LogP contribution in [-0.4, -0.2) is 30.8 Å². The summed E-state index contributed by atoms with van der Waals surface area (Å²) < 4.78 is 3.27. The van der Waals surface area contributed by atoms with Gasteiger partial charge in [0.2, 0.25) is 0 Å². The largest absolute Gasteiger partial charge is 0.505 e. The van der Waals surface area contributed by atoms with Crippen LogP contribution < -0.4 is 5.56 Å². The summed E-state index contributed by atoms with van der Waals surface area (Å²) in [6, 6.07) is 9.29. The molecule has 3 rings (SSSR count). The number of pyridine rings is 1. The van der Waals surface area contributed by atoms with E-state index in [1.165, 1.54) is 17.1 Å². The molecule has 134 valence electrons. The topological polar surface area (TPSA) is 92.6 Å². The molecule has 0 atom stereocenters. The lowest BCUT2D eigenvalue weighted by atomic mass is 10.1. The van der Waals surface area contributed by atoms with Gasteiger partial charge in [-0.2, -0.15) is 0 Å². The van der Waals surface area contributed by atoms with Crippen molar-refractivity contribution in [2.75, 3.05) is 0 Å². The molecule has 0 aliphatic heterocycles. The molecule has 7 nitrogen and oxygen atoms in total. The third-order valence-electron chi connectivity index (χ3n) is 4.37. The van der Waals surface area contributed by atoms with Crippen LogP contribution in [0.25, 0.3) is 5.69 Å². The van der Waals surface area contributed by atoms with Gasteiger partial charge in [0.05, 0.1) is 23.7 Å². The number of aryl methyl sites for hydroxylation is 1. The predicted molar refractivity (Wildman–Crippen MR) is 99.6 cm³/mol. The van der Waals surface area contributed by atoms with Crippen molar-refractivity contribution < 1.29 is 10.2 Å². The molecule has 0 spiro atoms. The zero-order chi connectivity index (χ0) is 18.8. The van der Waals surface area contributed by atoms with Gasteiger partial charge in [-0.15, -0.1) is 0 Å². The summed E-state index contributed by atoms with van der Waals surface area (Å²) in [5.41, 5.74) is 2.66. The zero-order valence-corrected chi connectivity index (χ0v) is 14.8. The summed E-state index contributed by atoms with van der Waals surface area (Å²) in [7, 11) is 1.79. The number of hydrogen-bond acceptors (Lipinski definition) is 5. The highest BCUT2D eigenvalue weighted by atomic mass is 16.3. The molecule has 26 heavy (non-hydrogen) atoms. The minimum Gasteiger partial charge on any atom is -0.505 e. The van der Waals surface area contributed by atoms with Crippen LogP contribution in [0, 0.1) is 13.8 Å². The van der Waals surface area contributed by atoms with Crippen LogP contribution >= 0.6 is 0 Å². The summed E-state index contributed by atoms with van der Waals surface area (Å²) in [5, 5.41) is 19.7. The van der Waals surface area contributed by atoms with E-state index >= 15 is 0 Å². The average Bonchev–Trinajstić information content (AvgIpc) is 2.86. The molecular formula is C19H20N4O3. The third kappa shape index (κ3) is 2.93. The Bertz CT molecular complexity index is 1030. The number of para-hydroxylation sites is 1. The van der Waals surface area contributed by atoms with E-state index in [2.05, 4.69) is 9.98 Å². The first-order chi connectivity index (χ1) is 12.5. The first kappa shape index (κ1) is 17.6. The first-order valence-corrected chi connectivity index (χ1v) is 8.12. The van der Waals surface area contributed by atoms with E-state index in [1.807, 2.05) is 30.3 Å². The standard InChI is InChI=1S/C19H20N4O3/c1-12-18(25)16(14(11-24)9-20-12)10-21-17-13(2)22(3)23(19(17)26)15-7-5-4-6-8-15/h4-10,24-25H,11H2,1-3H3. The fourth-order valence-electron chi connectivity index (χ4n) is 2.75. The van der Waals surface area contributed by atoms with E-state index in [-0.39, 0.29) is 23.6 Å². The lowest BCUT2D eigenvalue weighted by Crippen LogP contribution is -2.19. The van der Waals surface area contributed by atoms with Crippen molar-refractivity contribution in [3.8, 4) is 11.4 Å². The Morgan fingerprint density at radius 2 is 1.92 bits per heavy atom. The Labute approximate surface area is 150 Å². The molecule has 0 aliphatic carbocycles. The number of aromatic hydroxyl groups is 1. The predicted octanol–water partition coefficient (Wildman–Crippen LogP) is 2.14. The van der Waals surface area contributed by atoms with Gasteiger partial charge in [-0.3, -0.25) is 14.5 Å². The number of rotatable bonds is 4. The van der Waals surface area contributed by atoms with Gasteiger partial charge in [-0.1, -0.05) is 18.2 Å². The van der Waals surface area contributed by atoms with Gasteiger partial charge >= 0.3 is 0 Å². The summed E-state index contributed by atoms with van der Waals surface area (Å²) in [4.78, 5) is 21.2. The quantitative estimate of drug-likeness (QED) is 0.704. The molecule has 2 heterocycles. The zero-order valence-electron chi connectivity index (χ0n) is 14.8. The summed E-state index contributed by atoms with van der Waals surface area (Å²) >= 11 is 0. The molecule has 0 bridgehead atoms. The minimum absolute atomic E-state index is 0.0581. The second-order valence-corrected chi connectivity index (χ2v) is 5.96. The Morgan fingerprint density at radius 1 is 1.23 bits per heavy atom. The van der Waals surface area contributed by atoms with Gasteiger partial charge in [-0.25, -0.2) is 9.67 Å². The maximum absolute atomic E-state index is 12.8. The fourth-order valence-corrected chi connectivity index (χ4v) is 2.75. The number of aliphatic imine (C=N–C) groups is 1. The van der Waals surface area contributed by atoms with Crippen LogP contribution in [-0.2, 0) is 13.7 Å². The molecule has 0 unspecified atom stereocenters. The molecule has 3 aromatic rings. The molecule has 2 aromatic heterocycles. The Hall–Kier alpha value is -3.19. The van der Waals surface area contributed by atoms with E-state index in [4.69, 9.17) is 0 Å². The molecule has 0 fully saturated rings. The van der Waals surface area contributed by atoms with Crippen LogP contribution in [0.4, 0.5) is 5.69 Å². The number of aromatic nitrogens is 3. The van der Waals surface area contributed by atoms with Crippen LogP contribution in [0.3, 0.4) is 0 Å². The van der Waals surface area contributed by atoms with Gasteiger partial charge in [0.1, 0.15) is 5.75 Å². The van der Waals surface area contributed by atoms with E-state index in [1.54, 1.807) is 25.6 Å². The number of nitrogens with zero attached hydrogens (tertiary/aromatic N) is 4. The highest BCUT2D eigenvalue weighted by Crippen LogP contribution is 2.23. The SMILES string of the molecule is Cc1ncc(CO)c(C=Nc2c(C)n(C)n(-c3ccccc3)c2=O)c1O. The van der Waals surface area contributed by atoms with Crippen molar-refractivity contribution in [3.63, 3.8) is 0 Å². The van der Waals surface area contributed by atoms with Gasteiger partial charge in [0, 0.05) is 30.6 Å². The molecule has 0 radical (unpaired) electrons. The highest BCUT2D eigenvalue weighted by molar-refractivity contribution is 5.87. The lowest BCUT2D eigenvalue weighted by Gasteiger charge is -2.07. The maximum Gasteiger partial charge on any atom is 0.297 e. The molecule has 0 saturated carbocycles. The van der Waals surface area contributed by atoms with Crippen molar-refractivity contribution in [3.05, 3.63) is 69.4 Å². The molecule has 0 amide bonds. The number of benzene rings is 1. The van der Waals surface area contributed by atoms with Crippen LogP contribution in [0.15, 0.2) is 46.3 Å². The van der Waals surface area contributed by atoms with Crippen LogP contribution in [0.5, 0.6) is 5.75 Å². The molecule has 2 N–H and O–H groups in total. The number of aliphatic hydroxyl groups is 1. The van der Waals surface area contributed by atoms with Gasteiger partial charge < -0.3 is 10.2 Å². The van der Waals surface area contributed by atoms with E-state index in [0.29, 0.717) is 22.5 Å². The number of aliphatic hydroxyl groups excluding tert-OH is 1. The maximum atomic E-state index is 12.8. The van der Waals surface area contributed by atoms with Crippen molar-refractivity contribution in [2.24, 2.45) is 12.0 Å². The Kier molecular flexibility index (Phi) is 4.73. The second-order valence-electron chi connectivity index (χ2n) is 5.96. The fraction of sp³-hybridized carbons (Fsp3) is 0.211. The van der Waals surface area contributed by atoms with Gasteiger partial charge in [0.25, 0.3) is 5.56 Å². The molecule has 0 aliphatic rings. The Balaban J connectivity index is 2.12. The van der Waals surface area contributed by atoms with E-state index < -0.39 is 0 Å². The third-order valence-corrected chi connectivity index (χ3v) is 4.37. The van der Waals surface area contributed by atoms with Crippen molar-refractivity contribution in [2.45, 2.75) is 20.5 Å².